The van der Waals surface area contributed by atoms with Crippen LogP contribution in [0.2, 0.25) is 0 Å². The van der Waals surface area contributed by atoms with E-state index in [4.69, 9.17) is 0 Å². The van der Waals surface area contributed by atoms with Crippen molar-refractivity contribution in [3.8, 4) is 0 Å². The van der Waals surface area contributed by atoms with E-state index in [1.54, 1.807) is 12.1 Å². The van der Waals surface area contributed by atoms with Gasteiger partial charge in [0.2, 0.25) is 0 Å². The van der Waals surface area contributed by atoms with Gasteiger partial charge in [0, 0.05) is 19.1 Å². The Morgan fingerprint density at radius 3 is 2.94 bits per heavy atom. The predicted molar refractivity (Wildman–Crippen MR) is 76.1 cm³/mol. The average molecular weight is 315 g/mol. The lowest BCUT2D eigenvalue weighted by Crippen LogP contribution is -2.42. The molecule has 4 heteroatoms. The van der Waals surface area contributed by atoms with E-state index in [0.717, 1.165) is 25.2 Å². The van der Waals surface area contributed by atoms with Gasteiger partial charge in [-0.1, -0.05) is 12.5 Å². The van der Waals surface area contributed by atoms with E-state index in [2.05, 4.69) is 33.2 Å². The molecule has 1 heterocycles. The summed E-state index contributed by atoms with van der Waals surface area (Å²) in [6, 6.07) is 5.94. The van der Waals surface area contributed by atoms with E-state index in [1.807, 2.05) is 6.07 Å². The minimum Gasteiger partial charge on any atom is -0.313 e. The smallest absolute Gasteiger partial charge is 0.137 e. The van der Waals surface area contributed by atoms with Crippen LogP contribution in [0.4, 0.5) is 4.39 Å². The summed E-state index contributed by atoms with van der Waals surface area (Å²) in [5, 5.41) is 3.53. The molecule has 1 aliphatic rings. The zero-order valence-electron chi connectivity index (χ0n) is 10.8. The van der Waals surface area contributed by atoms with Crippen molar-refractivity contribution in [3.05, 3.63) is 34.1 Å². The molecule has 0 amide bonds. The fourth-order valence-corrected chi connectivity index (χ4v) is 2.72. The van der Waals surface area contributed by atoms with E-state index >= 15 is 0 Å². The minimum atomic E-state index is -0.184. The average Bonchev–Trinajstić information content (AvgIpc) is 2.35. The molecule has 0 aliphatic carbocycles. The van der Waals surface area contributed by atoms with Gasteiger partial charge in [-0.25, -0.2) is 4.39 Å². The van der Waals surface area contributed by atoms with E-state index in [0.29, 0.717) is 10.5 Å². The lowest BCUT2D eigenvalue weighted by molar-refractivity contribution is 0.256. The minimum absolute atomic E-state index is 0.184. The molecule has 100 valence electrons. The van der Waals surface area contributed by atoms with Crippen LogP contribution in [0.3, 0.4) is 0 Å². The first-order valence-electron chi connectivity index (χ1n) is 6.51. The normalized spacial score (nSPS) is 20.3. The second-order valence-corrected chi connectivity index (χ2v) is 5.95. The Morgan fingerprint density at radius 1 is 1.44 bits per heavy atom. The number of hydrogen-bond acceptors (Lipinski definition) is 2. The van der Waals surface area contributed by atoms with E-state index in [1.165, 1.54) is 19.3 Å². The van der Waals surface area contributed by atoms with Crippen LogP contribution in [0.5, 0.6) is 0 Å². The molecule has 0 spiro atoms. The Labute approximate surface area is 117 Å². The number of nitrogens with one attached hydrogen (secondary N) is 1. The summed E-state index contributed by atoms with van der Waals surface area (Å²) < 4.78 is 13.9. The summed E-state index contributed by atoms with van der Waals surface area (Å²) in [4.78, 5) is 2.26. The first kappa shape index (κ1) is 14.0. The number of rotatable bonds is 4. The molecular formula is C14H20BrFN2. The molecule has 1 aromatic rings. The molecule has 1 saturated heterocycles. The van der Waals surface area contributed by atoms with E-state index < -0.39 is 0 Å². The zero-order valence-corrected chi connectivity index (χ0v) is 12.3. The molecule has 2 rings (SSSR count). The molecule has 0 aromatic heterocycles. The third kappa shape index (κ3) is 4.04. The van der Waals surface area contributed by atoms with Crippen LogP contribution >= 0.6 is 15.9 Å². The highest BCUT2D eigenvalue weighted by Crippen LogP contribution is 2.17. The van der Waals surface area contributed by atoms with E-state index in [9.17, 15) is 4.39 Å². The highest BCUT2D eigenvalue weighted by molar-refractivity contribution is 9.10. The second-order valence-electron chi connectivity index (χ2n) is 5.09. The van der Waals surface area contributed by atoms with Crippen LogP contribution < -0.4 is 5.32 Å². The molecule has 1 fully saturated rings. The Balaban J connectivity index is 1.85. The van der Waals surface area contributed by atoms with Crippen LogP contribution in [0.1, 0.15) is 24.8 Å². The summed E-state index contributed by atoms with van der Waals surface area (Å²) in [5.41, 5.74) is 1.02. The first-order chi connectivity index (χ1) is 8.65. The Hall–Kier alpha value is -0.450. The van der Waals surface area contributed by atoms with Crippen molar-refractivity contribution >= 4 is 15.9 Å². The predicted octanol–water partition coefficient (Wildman–Crippen LogP) is 3.16. The summed E-state index contributed by atoms with van der Waals surface area (Å²) in [6.07, 6.45) is 3.86. The summed E-state index contributed by atoms with van der Waals surface area (Å²) in [5.74, 6) is -0.184. The van der Waals surface area contributed by atoms with Gasteiger partial charge in [0.05, 0.1) is 4.47 Å². The monoisotopic (exact) mass is 314 g/mol. The van der Waals surface area contributed by atoms with Crippen LogP contribution in [-0.2, 0) is 6.54 Å². The number of likely N-dealkylation sites (N-methyl/N-ethyl adjacent to an activating group) is 1. The van der Waals surface area contributed by atoms with Gasteiger partial charge in [-0.2, -0.15) is 0 Å². The number of hydrogen-bond donors (Lipinski definition) is 1. The van der Waals surface area contributed by atoms with Crippen LogP contribution in [0, 0.1) is 5.82 Å². The number of piperidine rings is 1. The largest absolute Gasteiger partial charge is 0.313 e. The van der Waals surface area contributed by atoms with Crippen molar-refractivity contribution in [1.82, 2.24) is 10.2 Å². The molecule has 0 bridgehead atoms. The van der Waals surface area contributed by atoms with E-state index in [-0.39, 0.29) is 5.82 Å². The maximum Gasteiger partial charge on any atom is 0.137 e. The summed E-state index contributed by atoms with van der Waals surface area (Å²) >= 11 is 3.18. The number of nitrogens with zero attached hydrogens (tertiary/aromatic N) is 1. The van der Waals surface area contributed by atoms with Gasteiger partial charge in [-0.05, 0) is 60.1 Å². The van der Waals surface area contributed by atoms with Crippen molar-refractivity contribution in [1.29, 1.82) is 0 Å². The Bertz CT molecular complexity index is 391. The summed E-state index contributed by atoms with van der Waals surface area (Å²) in [7, 11) is 2.09. The van der Waals surface area contributed by atoms with Gasteiger partial charge >= 0.3 is 0 Å². The fourth-order valence-electron chi connectivity index (χ4n) is 2.47. The molecular weight excluding hydrogens is 295 g/mol. The van der Waals surface area contributed by atoms with Gasteiger partial charge in [-0.3, -0.25) is 0 Å². The van der Waals surface area contributed by atoms with Gasteiger partial charge in [0.25, 0.3) is 0 Å². The Morgan fingerprint density at radius 2 is 2.28 bits per heavy atom. The molecule has 1 aliphatic heterocycles. The quantitative estimate of drug-likeness (QED) is 0.918. The zero-order chi connectivity index (χ0) is 13.0. The topological polar surface area (TPSA) is 15.3 Å². The first-order valence-corrected chi connectivity index (χ1v) is 7.30. The Kier molecular flexibility index (Phi) is 5.15. The van der Waals surface area contributed by atoms with Crippen LogP contribution in [0.25, 0.3) is 0 Å². The van der Waals surface area contributed by atoms with Crippen molar-refractivity contribution in [3.63, 3.8) is 0 Å². The number of halogens is 2. The second kappa shape index (κ2) is 6.64. The van der Waals surface area contributed by atoms with Gasteiger partial charge < -0.3 is 10.2 Å². The molecule has 0 radical (unpaired) electrons. The standard InChI is InChI=1S/C14H20BrFN2/c1-18(10-12-4-2-3-7-17-12)9-11-5-6-13(15)14(16)8-11/h5-6,8,12,17H,2-4,7,9-10H2,1H3. The molecule has 1 unspecified atom stereocenters. The highest BCUT2D eigenvalue weighted by Gasteiger charge is 2.14. The van der Waals surface area contributed by atoms with Gasteiger partial charge in [0.15, 0.2) is 0 Å². The third-order valence-electron chi connectivity index (χ3n) is 3.38. The van der Waals surface area contributed by atoms with Crippen LogP contribution in [-0.4, -0.2) is 31.1 Å². The highest BCUT2D eigenvalue weighted by atomic mass is 79.9. The lowest BCUT2D eigenvalue weighted by atomic mass is 10.0. The molecule has 1 N–H and O–H groups in total. The van der Waals surface area contributed by atoms with Crippen molar-refractivity contribution < 1.29 is 4.39 Å². The van der Waals surface area contributed by atoms with Gasteiger partial charge in [-0.15, -0.1) is 0 Å². The fraction of sp³-hybridized carbons (Fsp3) is 0.571. The molecule has 1 aromatic carbocycles. The molecule has 0 saturated carbocycles. The van der Waals surface area contributed by atoms with Crippen molar-refractivity contribution in [2.45, 2.75) is 31.8 Å². The molecule has 1 atom stereocenters. The molecule has 18 heavy (non-hydrogen) atoms. The van der Waals surface area contributed by atoms with Crippen molar-refractivity contribution in [2.75, 3.05) is 20.1 Å². The SMILES string of the molecule is CN(Cc1ccc(Br)c(F)c1)CC1CCCCN1. The third-order valence-corrected chi connectivity index (χ3v) is 4.02. The van der Waals surface area contributed by atoms with Gasteiger partial charge in [0.1, 0.15) is 5.82 Å². The lowest BCUT2D eigenvalue weighted by Gasteiger charge is -2.28. The summed E-state index contributed by atoms with van der Waals surface area (Å²) in [6.45, 7) is 2.95. The van der Waals surface area contributed by atoms with Crippen LogP contribution in [0.15, 0.2) is 22.7 Å². The maximum absolute atomic E-state index is 13.4. The van der Waals surface area contributed by atoms with Crippen molar-refractivity contribution in [2.24, 2.45) is 0 Å². The molecule has 2 nitrogen and oxygen atoms in total. The number of benzene rings is 1. The maximum atomic E-state index is 13.4.